The van der Waals surface area contributed by atoms with Crippen molar-refractivity contribution in [1.29, 1.82) is 0 Å². The zero-order valence-corrected chi connectivity index (χ0v) is 8.92. The number of H-pyrrole nitrogens is 1. The first kappa shape index (κ1) is 10.4. The summed E-state index contributed by atoms with van der Waals surface area (Å²) in [4.78, 5) is 24.5. The first-order valence-electron chi connectivity index (χ1n) is 4.92. The van der Waals surface area contributed by atoms with E-state index in [2.05, 4.69) is 15.0 Å². The van der Waals surface area contributed by atoms with Crippen molar-refractivity contribution in [2.75, 3.05) is 7.05 Å². The Morgan fingerprint density at radius 1 is 1.38 bits per heavy atom. The van der Waals surface area contributed by atoms with Crippen LogP contribution in [-0.4, -0.2) is 32.8 Å². The Morgan fingerprint density at radius 2 is 2.25 bits per heavy atom. The third-order valence-electron chi connectivity index (χ3n) is 2.17. The summed E-state index contributed by atoms with van der Waals surface area (Å²) in [6.07, 6.45) is 5.00. The van der Waals surface area contributed by atoms with Crippen molar-refractivity contribution in [3.63, 3.8) is 0 Å². The Hall–Kier alpha value is -2.17. The molecule has 0 aliphatic rings. The molecule has 0 atom stereocenters. The molecule has 0 aliphatic heterocycles. The Labute approximate surface area is 93.2 Å². The van der Waals surface area contributed by atoms with Gasteiger partial charge in [0.2, 0.25) is 0 Å². The summed E-state index contributed by atoms with van der Waals surface area (Å²) < 4.78 is 0. The van der Waals surface area contributed by atoms with E-state index in [1.54, 1.807) is 48.7 Å². The molecule has 5 heteroatoms. The van der Waals surface area contributed by atoms with E-state index in [4.69, 9.17) is 0 Å². The molecule has 2 rings (SSSR count). The topological polar surface area (TPSA) is 61.9 Å². The number of carbonyl (C=O) groups excluding carboxylic acids is 1. The molecule has 2 aromatic heterocycles. The van der Waals surface area contributed by atoms with Crippen molar-refractivity contribution in [2.24, 2.45) is 0 Å². The van der Waals surface area contributed by atoms with Crippen LogP contribution < -0.4 is 0 Å². The Morgan fingerprint density at radius 3 is 2.88 bits per heavy atom. The van der Waals surface area contributed by atoms with Gasteiger partial charge in [0.15, 0.2) is 0 Å². The van der Waals surface area contributed by atoms with Crippen LogP contribution in [0, 0.1) is 0 Å². The predicted octanol–water partition coefficient (Wildman–Crippen LogP) is 1.08. The Bertz CT molecular complexity index is 452. The van der Waals surface area contributed by atoms with E-state index in [0.717, 1.165) is 5.82 Å². The number of nitrogens with zero attached hydrogens (tertiary/aromatic N) is 3. The van der Waals surface area contributed by atoms with Crippen LogP contribution in [0.1, 0.15) is 16.3 Å². The summed E-state index contributed by atoms with van der Waals surface area (Å²) in [6, 6.07) is 5.27. The van der Waals surface area contributed by atoms with E-state index >= 15 is 0 Å². The number of amides is 1. The van der Waals surface area contributed by atoms with Crippen LogP contribution in [0.4, 0.5) is 0 Å². The molecule has 0 spiro atoms. The van der Waals surface area contributed by atoms with E-state index in [0.29, 0.717) is 12.2 Å². The van der Waals surface area contributed by atoms with Crippen LogP contribution in [0.2, 0.25) is 0 Å². The fourth-order valence-corrected chi connectivity index (χ4v) is 1.37. The number of aromatic amines is 1. The minimum Gasteiger partial charge on any atom is -0.347 e. The molecular formula is C11H12N4O. The quantitative estimate of drug-likeness (QED) is 0.835. The van der Waals surface area contributed by atoms with Gasteiger partial charge in [0.1, 0.15) is 11.5 Å². The van der Waals surface area contributed by atoms with Crippen LogP contribution >= 0.6 is 0 Å². The smallest absolute Gasteiger partial charge is 0.272 e. The third kappa shape index (κ3) is 2.25. The molecule has 16 heavy (non-hydrogen) atoms. The van der Waals surface area contributed by atoms with Crippen LogP contribution in [-0.2, 0) is 6.54 Å². The van der Waals surface area contributed by atoms with Crippen molar-refractivity contribution < 1.29 is 4.79 Å². The van der Waals surface area contributed by atoms with Crippen molar-refractivity contribution >= 4 is 5.91 Å². The minimum absolute atomic E-state index is 0.114. The molecule has 0 aliphatic carbocycles. The van der Waals surface area contributed by atoms with Crippen LogP contribution in [0.3, 0.4) is 0 Å². The molecule has 0 saturated carbocycles. The highest BCUT2D eigenvalue weighted by molar-refractivity contribution is 5.91. The molecule has 0 bridgehead atoms. The maximum absolute atomic E-state index is 11.9. The van der Waals surface area contributed by atoms with Gasteiger partial charge in [-0.25, -0.2) is 4.98 Å². The Balaban J connectivity index is 2.05. The highest BCUT2D eigenvalue weighted by Crippen LogP contribution is 2.02. The number of hydrogen-bond acceptors (Lipinski definition) is 3. The lowest BCUT2D eigenvalue weighted by atomic mass is 10.3. The number of nitrogens with one attached hydrogen (secondary N) is 1. The van der Waals surface area contributed by atoms with E-state index in [1.165, 1.54) is 0 Å². The maximum Gasteiger partial charge on any atom is 0.272 e. The van der Waals surface area contributed by atoms with Gasteiger partial charge < -0.3 is 9.88 Å². The molecule has 1 amide bonds. The maximum atomic E-state index is 11.9. The second kappa shape index (κ2) is 4.57. The average Bonchev–Trinajstić information content (AvgIpc) is 2.82. The summed E-state index contributed by atoms with van der Waals surface area (Å²) in [5.74, 6) is 0.642. The lowest BCUT2D eigenvalue weighted by molar-refractivity contribution is 0.0776. The van der Waals surface area contributed by atoms with Gasteiger partial charge in [0.25, 0.3) is 5.91 Å². The number of imidazole rings is 1. The number of hydrogen-bond donors (Lipinski definition) is 1. The second-order valence-corrected chi connectivity index (χ2v) is 3.41. The molecule has 2 heterocycles. The first-order chi connectivity index (χ1) is 7.77. The molecule has 5 nitrogen and oxygen atoms in total. The molecule has 0 unspecified atom stereocenters. The van der Waals surface area contributed by atoms with Crippen LogP contribution in [0.25, 0.3) is 0 Å². The van der Waals surface area contributed by atoms with Gasteiger partial charge in [0.05, 0.1) is 6.54 Å². The van der Waals surface area contributed by atoms with Crippen LogP contribution in [0.15, 0.2) is 36.8 Å². The van der Waals surface area contributed by atoms with Gasteiger partial charge in [-0.1, -0.05) is 6.07 Å². The van der Waals surface area contributed by atoms with E-state index in [9.17, 15) is 4.79 Å². The number of aromatic nitrogens is 3. The summed E-state index contributed by atoms with van der Waals surface area (Å²) in [5, 5.41) is 0. The zero-order valence-electron chi connectivity index (χ0n) is 8.92. The van der Waals surface area contributed by atoms with Gasteiger partial charge in [-0.2, -0.15) is 0 Å². The summed E-state index contributed by atoms with van der Waals surface area (Å²) in [6.45, 7) is 0.447. The SMILES string of the molecule is CN(Cc1ncc[nH]1)C(=O)c1ccccn1. The lowest BCUT2D eigenvalue weighted by Crippen LogP contribution is -2.27. The molecule has 1 N–H and O–H groups in total. The van der Waals surface area contributed by atoms with Crippen molar-refractivity contribution in [1.82, 2.24) is 19.9 Å². The standard InChI is InChI=1S/C11H12N4O/c1-15(8-10-13-6-7-14-10)11(16)9-4-2-3-5-12-9/h2-7H,8H2,1H3,(H,13,14). The highest BCUT2D eigenvalue weighted by Gasteiger charge is 2.13. The Kier molecular flexibility index (Phi) is 2.95. The van der Waals surface area contributed by atoms with E-state index in [1.807, 2.05) is 0 Å². The van der Waals surface area contributed by atoms with Crippen molar-refractivity contribution in [3.8, 4) is 0 Å². The normalized spacial score (nSPS) is 10.1. The summed E-state index contributed by atoms with van der Waals surface area (Å²) in [5.41, 5.74) is 0.441. The fraction of sp³-hybridized carbons (Fsp3) is 0.182. The molecule has 0 saturated heterocycles. The lowest BCUT2D eigenvalue weighted by Gasteiger charge is -2.14. The second-order valence-electron chi connectivity index (χ2n) is 3.41. The monoisotopic (exact) mass is 216 g/mol. The number of rotatable bonds is 3. The average molecular weight is 216 g/mol. The van der Waals surface area contributed by atoms with Gasteiger partial charge in [-0.15, -0.1) is 0 Å². The van der Waals surface area contributed by atoms with Crippen LogP contribution in [0.5, 0.6) is 0 Å². The molecule has 82 valence electrons. The number of pyridine rings is 1. The van der Waals surface area contributed by atoms with E-state index in [-0.39, 0.29) is 5.91 Å². The van der Waals surface area contributed by atoms with Crippen molar-refractivity contribution in [3.05, 3.63) is 48.3 Å². The molecular weight excluding hydrogens is 204 g/mol. The molecule has 2 aromatic rings. The fourth-order valence-electron chi connectivity index (χ4n) is 1.37. The van der Waals surface area contributed by atoms with Gasteiger partial charge >= 0.3 is 0 Å². The zero-order chi connectivity index (χ0) is 11.4. The van der Waals surface area contributed by atoms with Gasteiger partial charge in [-0.05, 0) is 12.1 Å². The summed E-state index contributed by atoms with van der Waals surface area (Å²) in [7, 11) is 1.72. The van der Waals surface area contributed by atoms with Gasteiger partial charge in [0, 0.05) is 25.6 Å². The first-order valence-corrected chi connectivity index (χ1v) is 4.92. The number of carbonyl (C=O) groups is 1. The molecule has 0 aromatic carbocycles. The van der Waals surface area contributed by atoms with E-state index < -0.39 is 0 Å². The molecule has 0 radical (unpaired) electrons. The largest absolute Gasteiger partial charge is 0.347 e. The highest BCUT2D eigenvalue weighted by atomic mass is 16.2. The summed E-state index contributed by atoms with van der Waals surface area (Å²) >= 11 is 0. The molecule has 0 fully saturated rings. The van der Waals surface area contributed by atoms with Crippen molar-refractivity contribution in [2.45, 2.75) is 6.54 Å². The van der Waals surface area contributed by atoms with Gasteiger partial charge in [-0.3, -0.25) is 9.78 Å². The third-order valence-corrected chi connectivity index (χ3v) is 2.17. The predicted molar refractivity (Wildman–Crippen MR) is 58.6 cm³/mol. The minimum atomic E-state index is -0.114.